The third kappa shape index (κ3) is 4.86. The molecule has 1 aromatic rings. The number of hydrogen-bond donors (Lipinski definition) is 0. The van der Waals surface area contributed by atoms with Gasteiger partial charge < -0.3 is 14.4 Å². The van der Waals surface area contributed by atoms with Crippen LogP contribution in [-0.2, 0) is 19.2 Å². The molecule has 2 fully saturated rings. The molecule has 1 atom stereocenters. The number of benzene rings is 1. The summed E-state index contributed by atoms with van der Waals surface area (Å²) in [6.07, 6.45) is -0.302. The lowest BCUT2D eigenvalue weighted by Gasteiger charge is -2.24. The monoisotopic (exact) mass is 425 g/mol. The summed E-state index contributed by atoms with van der Waals surface area (Å²) >= 11 is 0. The number of amides is 2. The Morgan fingerprint density at radius 1 is 1.17 bits per heavy atom. The van der Waals surface area contributed by atoms with Gasteiger partial charge in [-0.3, -0.25) is 14.5 Å². The van der Waals surface area contributed by atoms with Crippen molar-refractivity contribution in [2.45, 2.75) is 39.2 Å². The first-order chi connectivity index (χ1) is 14.3. The number of nitrogens with zero attached hydrogens (tertiary/aromatic N) is 3. The summed E-state index contributed by atoms with van der Waals surface area (Å²) in [6, 6.07) is 2.18. The molecule has 30 heavy (non-hydrogen) atoms. The van der Waals surface area contributed by atoms with Crippen LogP contribution in [0, 0.1) is 11.6 Å². The average molecular weight is 425 g/mol. The second-order valence-electron chi connectivity index (χ2n) is 7.28. The number of cyclic esters (lactones) is 1. The van der Waals surface area contributed by atoms with Crippen molar-refractivity contribution in [1.82, 2.24) is 5.06 Å². The van der Waals surface area contributed by atoms with Crippen LogP contribution in [0.15, 0.2) is 12.1 Å². The van der Waals surface area contributed by atoms with Crippen LogP contribution in [0.1, 0.15) is 33.1 Å². The molecule has 3 rings (SSSR count). The maximum atomic E-state index is 14.9. The molecule has 2 aliphatic rings. The summed E-state index contributed by atoms with van der Waals surface area (Å²) in [4.78, 5) is 43.0. The highest BCUT2D eigenvalue weighted by Gasteiger charge is 2.34. The van der Waals surface area contributed by atoms with Crippen LogP contribution in [0.5, 0.6) is 0 Å². The predicted molar refractivity (Wildman–Crippen MR) is 104 cm³/mol. The summed E-state index contributed by atoms with van der Waals surface area (Å²) < 4.78 is 34.9. The van der Waals surface area contributed by atoms with Crippen molar-refractivity contribution in [3.05, 3.63) is 23.8 Å². The molecule has 164 valence electrons. The number of anilines is 2. The van der Waals surface area contributed by atoms with Crippen LogP contribution in [0.4, 0.5) is 25.0 Å². The number of hydroxylamine groups is 2. The van der Waals surface area contributed by atoms with Gasteiger partial charge in [0.15, 0.2) is 11.6 Å². The second-order valence-corrected chi connectivity index (χ2v) is 7.28. The van der Waals surface area contributed by atoms with Crippen molar-refractivity contribution >= 4 is 29.2 Å². The zero-order chi connectivity index (χ0) is 21.8. The Bertz CT molecular complexity index is 812. The minimum atomic E-state index is -0.819. The fraction of sp³-hybridized carbons (Fsp3) is 0.550. The quantitative estimate of drug-likeness (QED) is 0.697. The first-order valence-electron chi connectivity index (χ1n) is 9.95. The minimum Gasteiger partial charge on any atom is -0.444 e. The van der Waals surface area contributed by atoms with Gasteiger partial charge in [-0.05, 0) is 13.3 Å². The number of ether oxygens (including phenoxy) is 1. The van der Waals surface area contributed by atoms with E-state index in [-0.39, 0.29) is 68.7 Å². The van der Waals surface area contributed by atoms with Crippen molar-refractivity contribution in [2.24, 2.45) is 0 Å². The highest BCUT2D eigenvalue weighted by atomic mass is 19.1. The van der Waals surface area contributed by atoms with Gasteiger partial charge in [-0.15, -0.1) is 0 Å². The molecule has 2 amide bonds. The first-order valence-corrected chi connectivity index (χ1v) is 9.95. The second kappa shape index (κ2) is 9.38. The highest BCUT2D eigenvalue weighted by Crippen LogP contribution is 2.32. The average Bonchev–Trinajstić information content (AvgIpc) is 2.90. The number of carbonyl (C=O) groups excluding carboxylic acids is 3. The van der Waals surface area contributed by atoms with Gasteiger partial charge in [0.05, 0.1) is 25.4 Å². The summed E-state index contributed by atoms with van der Waals surface area (Å²) in [6.45, 7) is 3.99. The third-order valence-corrected chi connectivity index (χ3v) is 5.08. The van der Waals surface area contributed by atoms with Gasteiger partial charge in [-0.25, -0.2) is 18.6 Å². The standard InChI is InChI=1S/C20H25F2N3O5/c1-3-18(27)25-7-6-23(8-9-29-25)19-16(21)10-14(11-17(19)22)24-12-15(30-20(24)28)5-4-13(2)26/h10-11,15H,3-9,12H2,1-2H3/t15-/m0/s1. The topological polar surface area (TPSA) is 79.4 Å². The number of Topliss-reactive ketones (excluding diaryl/α,β-unsaturated/α-hetero) is 1. The fourth-order valence-electron chi connectivity index (χ4n) is 3.50. The molecule has 10 heteroatoms. The van der Waals surface area contributed by atoms with Gasteiger partial charge in [0.2, 0.25) is 5.91 Å². The molecule has 0 spiro atoms. The van der Waals surface area contributed by atoms with Crippen molar-refractivity contribution < 1.29 is 32.7 Å². The van der Waals surface area contributed by atoms with E-state index < -0.39 is 23.8 Å². The van der Waals surface area contributed by atoms with E-state index in [2.05, 4.69) is 0 Å². The van der Waals surface area contributed by atoms with E-state index in [0.717, 1.165) is 17.0 Å². The number of halogens is 2. The van der Waals surface area contributed by atoms with Crippen molar-refractivity contribution in [3.63, 3.8) is 0 Å². The highest BCUT2D eigenvalue weighted by molar-refractivity contribution is 5.90. The molecule has 2 saturated heterocycles. The molecule has 0 bridgehead atoms. The Balaban J connectivity index is 1.73. The van der Waals surface area contributed by atoms with E-state index in [9.17, 15) is 23.2 Å². The molecular formula is C20H25F2N3O5. The van der Waals surface area contributed by atoms with Gasteiger partial charge >= 0.3 is 6.09 Å². The normalized spacial score (nSPS) is 19.7. The van der Waals surface area contributed by atoms with Gasteiger partial charge in [0.1, 0.15) is 17.6 Å². The predicted octanol–water partition coefficient (Wildman–Crippen LogP) is 2.65. The number of carbonyl (C=O) groups is 3. The van der Waals surface area contributed by atoms with E-state index in [1.165, 1.54) is 16.9 Å². The zero-order valence-electron chi connectivity index (χ0n) is 17.0. The van der Waals surface area contributed by atoms with Crippen LogP contribution in [0.3, 0.4) is 0 Å². The van der Waals surface area contributed by atoms with E-state index in [1.807, 2.05) is 0 Å². The number of rotatable bonds is 6. The molecule has 0 saturated carbocycles. The van der Waals surface area contributed by atoms with Crippen molar-refractivity contribution in [2.75, 3.05) is 42.6 Å². The largest absolute Gasteiger partial charge is 0.444 e. The van der Waals surface area contributed by atoms with Crippen LogP contribution >= 0.6 is 0 Å². The minimum absolute atomic E-state index is 0.0217. The summed E-state index contributed by atoms with van der Waals surface area (Å²) in [7, 11) is 0. The Kier molecular flexibility index (Phi) is 6.86. The zero-order valence-corrected chi connectivity index (χ0v) is 17.0. The maximum Gasteiger partial charge on any atom is 0.414 e. The molecule has 0 aromatic heterocycles. The fourth-order valence-corrected chi connectivity index (χ4v) is 3.50. The lowest BCUT2D eigenvalue weighted by atomic mass is 10.1. The molecule has 0 N–H and O–H groups in total. The SMILES string of the molecule is CCC(=O)N1CCN(c2c(F)cc(N3C[C@H](CCC(C)=O)OC3=O)cc2F)CCO1. The number of ketones is 1. The maximum absolute atomic E-state index is 14.9. The third-order valence-electron chi connectivity index (χ3n) is 5.08. The number of hydrogen-bond acceptors (Lipinski definition) is 6. The van der Waals surface area contributed by atoms with Gasteiger partial charge in [-0.2, -0.15) is 0 Å². The van der Waals surface area contributed by atoms with E-state index in [4.69, 9.17) is 9.57 Å². The van der Waals surface area contributed by atoms with Crippen LogP contribution in [0.2, 0.25) is 0 Å². The van der Waals surface area contributed by atoms with Crippen LogP contribution in [0.25, 0.3) is 0 Å². The first kappa shape index (κ1) is 21.9. The van der Waals surface area contributed by atoms with E-state index >= 15 is 0 Å². The lowest BCUT2D eigenvalue weighted by Crippen LogP contribution is -2.34. The summed E-state index contributed by atoms with van der Waals surface area (Å²) in [5.74, 6) is -1.85. The van der Waals surface area contributed by atoms with Gasteiger partial charge in [0.25, 0.3) is 0 Å². The van der Waals surface area contributed by atoms with Crippen LogP contribution < -0.4 is 9.80 Å². The molecule has 0 aliphatic carbocycles. The van der Waals surface area contributed by atoms with Crippen molar-refractivity contribution in [1.29, 1.82) is 0 Å². The molecule has 1 aromatic carbocycles. The molecule has 2 aliphatic heterocycles. The van der Waals surface area contributed by atoms with Gasteiger partial charge in [-0.1, -0.05) is 6.92 Å². The summed E-state index contributed by atoms with van der Waals surface area (Å²) in [5.41, 5.74) is -0.174. The molecule has 0 unspecified atom stereocenters. The smallest absolute Gasteiger partial charge is 0.414 e. The van der Waals surface area contributed by atoms with Crippen molar-refractivity contribution in [3.8, 4) is 0 Å². The Morgan fingerprint density at radius 2 is 1.87 bits per heavy atom. The molecular weight excluding hydrogens is 400 g/mol. The summed E-state index contributed by atoms with van der Waals surface area (Å²) in [5, 5.41) is 1.21. The lowest BCUT2D eigenvalue weighted by molar-refractivity contribution is -0.181. The van der Waals surface area contributed by atoms with E-state index in [0.29, 0.717) is 6.42 Å². The van der Waals surface area contributed by atoms with Crippen LogP contribution in [-0.4, -0.2) is 61.7 Å². The Morgan fingerprint density at radius 3 is 2.50 bits per heavy atom. The Hall–Kier alpha value is -2.75. The van der Waals surface area contributed by atoms with E-state index in [1.54, 1.807) is 6.92 Å². The molecule has 8 nitrogen and oxygen atoms in total. The molecule has 2 heterocycles. The Labute approximate surface area is 173 Å². The van der Waals surface area contributed by atoms with Gasteiger partial charge in [0, 0.05) is 38.1 Å². The molecule has 0 radical (unpaired) electrons.